The molecule has 2 saturated heterocycles. The number of nitrogens with zero attached hydrogens (tertiary/aromatic N) is 3. The smallest absolute Gasteiger partial charge is 0.325 e. The summed E-state index contributed by atoms with van der Waals surface area (Å²) >= 11 is 0. The lowest BCUT2D eigenvalue weighted by atomic mass is 9.87. The van der Waals surface area contributed by atoms with Gasteiger partial charge in [0.05, 0.1) is 11.1 Å². The second kappa shape index (κ2) is 6.93. The van der Waals surface area contributed by atoms with E-state index in [2.05, 4.69) is 5.32 Å². The van der Waals surface area contributed by atoms with Crippen molar-refractivity contribution in [1.29, 1.82) is 0 Å². The summed E-state index contributed by atoms with van der Waals surface area (Å²) in [5.41, 5.74) is -0.391. The highest BCUT2D eigenvalue weighted by Gasteiger charge is 2.54. The van der Waals surface area contributed by atoms with Gasteiger partial charge in [-0.05, 0) is 45.7 Å². The van der Waals surface area contributed by atoms with Crippen LogP contribution >= 0.6 is 0 Å². The number of rotatable bonds is 3. The van der Waals surface area contributed by atoms with Crippen molar-refractivity contribution in [3.05, 3.63) is 35.4 Å². The molecule has 3 aliphatic heterocycles. The second-order valence-corrected chi connectivity index (χ2v) is 8.31. The fourth-order valence-electron chi connectivity index (χ4n) is 4.49. The molecule has 4 rings (SSSR count). The Balaban J connectivity index is 1.46. The Labute approximate surface area is 174 Å². The summed E-state index contributed by atoms with van der Waals surface area (Å²) in [6.45, 7) is 5.60. The Kier molecular flexibility index (Phi) is 4.63. The summed E-state index contributed by atoms with van der Waals surface area (Å²) in [4.78, 5) is 67.1. The van der Waals surface area contributed by atoms with Crippen molar-refractivity contribution in [3.8, 4) is 0 Å². The van der Waals surface area contributed by atoms with Crippen LogP contribution in [0.1, 0.15) is 54.3 Å². The van der Waals surface area contributed by atoms with Crippen molar-refractivity contribution in [3.63, 3.8) is 0 Å². The van der Waals surface area contributed by atoms with Crippen molar-refractivity contribution in [2.45, 2.75) is 51.2 Å². The summed E-state index contributed by atoms with van der Waals surface area (Å²) < 4.78 is 0. The van der Waals surface area contributed by atoms with Crippen LogP contribution in [0.2, 0.25) is 0 Å². The first kappa shape index (κ1) is 20.1. The van der Waals surface area contributed by atoms with Gasteiger partial charge in [0, 0.05) is 19.1 Å². The SMILES string of the molecule is CC(C)N1C(=O)NC2(CCN(C(=O)C(C)N3C(=O)c4ccccc4C3=O)CC2)C1=O. The van der Waals surface area contributed by atoms with Crippen LogP contribution in [-0.2, 0) is 9.59 Å². The van der Waals surface area contributed by atoms with E-state index in [0.29, 0.717) is 24.0 Å². The first-order valence-corrected chi connectivity index (χ1v) is 10.1. The van der Waals surface area contributed by atoms with E-state index in [9.17, 15) is 24.0 Å². The zero-order chi connectivity index (χ0) is 21.8. The van der Waals surface area contributed by atoms with Crippen LogP contribution in [0.15, 0.2) is 24.3 Å². The largest absolute Gasteiger partial charge is 0.341 e. The predicted octanol–water partition coefficient (Wildman–Crippen LogP) is 0.992. The Morgan fingerprint density at radius 2 is 1.47 bits per heavy atom. The molecule has 1 aromatic carbocycles. The van der Waals surface area contributed by atoms with Crippen LogP contribution in [-0.4, -0.2) is 75.1 Å². The summed E-state index contributed by atoms with van der Waals surface area (Å²) in [7, 11) is 0. The van der Waals surface area contributed by atoms with Crippen molar-refractivity contribution in [2.24, 2.45) is 0 Å². The van der Waals surface area contributed by atoms with E-state index in [1.165, 1.54) is 11.8 Å². The van der Waals surface area contributed by atoms with Gasteiger partial charge in [-0.3, -0.25) is 29.0 Å². The third kappa shape index (κ3) is 2.79. The van der Waals surface area contributed by atoms with Crippen molar-refractivity contribution in [1.82, 2.24) is 20.0 Å². The molecule has 6 amide bonds. The Morgan fingerprint density at radius 1 is 0.933 bits per heavy atom. The van der Waals surface area contributed by atoms with Gasteiger partial charge in [-0.2, -0.15) is 0 Å². The number of carbonyl (C=O) groups excluding carboxylic acids is 5. The molecule has 158 valence electrons. The number of imide groups is 2. The highest BCUT2D eigenvalue weighted by atomic mass is 16.2. The minimum Gasteiger partial charge on any atom is -0.341 e. The second-order valence-electron chi connectivity index (χ2n) is 8.31. The topological polar surface area (TPSA) is 107 Å². The number of hydrogen-bond acceptors (Lipinski definition) is 5. The van der Waals surface area contributed by atoms with E-state index in [-0.39, 0.29) is 30.9 Å². The van der Waals surface area contributed by atoms with Gasteiger partial charge in [-0.25, -0.2) is 4.79 Å². The number of amides is 6. The first-order chi connectivity index (χ1) is 14.2. The summed E-state index contributed by atoms with van der Waals surface area (Å²) in [6.07, 6.45) is 0.586. The molecule has 1 unspecified atom stereocenters. The first-order valence-electron chi connectivity index (χ1n) is 10.1. The number of nitrogens with one attached hydrogen (secondary N) is 1. The molecule has 0 aliphatic carbocycles. The molecular weight excluding hydrogens is 388 g/mol. The highest BCUT2D eigenvalue weighted by molar-refractivity contribution is 6.22. The lowest BCUT2D eigenvalue weighted by Crippen LogP contribution is -2.58. The number of likely N-dealkylation sites (tertiary alicyclic amines) is 1. The molecule has 0 saturated carbocycles. The number of carbonyl (C=O) groups is 5. The molecular formula is C21H24N4O5. The fourth-order valence-corrected chi connectivity index (χ4v) is 4.49. The standard InChI is InChI=1S/C21H24N4O5/c1-12(2)24-19(29)21(22-20(24)30)8-10-23(11-9-21)16(26)13(3)25-17(27)14-6-4-5-7-15(14)18(25)28/h4-7,12-13H,8-11H2,1-3H3,(H,22,30). The zero-order valence-corrected chi connectivity index (χ0v) is 17.2. The molecule has 1 aromatic rings. The lowest BCUT2D eigenvalue weighted by molar-refractivity contribution is -0.141. The maximum absolute atomic E-state index is 13.0. The predicted molar refractivity (Wildman–Crippen MR) is 105 cm³/mol. The van der Waals surface area contributed by atoms with Gasteiger partial charge in [0.1, 0.15) is 11.6 Å². The molecule has 9 heteroatoms. The van der Waals surface area contributed by atoms with Gasteiger partial charge < -0.3 is 10.2 Å². The number of hydrogen-bond donors (Lipinski definition) is 1. The van der Waals surface area contributed by atoms with Crippen LogP contribution < -0.4 is 5.32 Å². The summed E-state index contributed by atoms with van der Waals surface area (Å²) in [5.74, 6) is -1.56. The number of piperidine rings is 1. The van der Waals surface area contributed by atoms with Gasteiger partial charge >= 0.3 is 6.03 Å². The molecule has 0 aromatic heterocycles. The molecule has 0 bridgehead atoms. The maximum Gasteiger partial charge on any atom is 0.325 e. The fraction of sp³-hybridized carbons (Fsp3) is 0.476. The van der Waals surface area contributed by atoms with E-state index < -0.39 is 29.4 Å². The van der Waals surface area contributed by atoms with Crippen LogP contribution in [0.25, 0.3) is 0 Å². The van der Waals surface area contributed by atoms with Crippen molar-refractivity contribution in [2.75, 3.05) is 13.1 Å². The quantitative estimate of drug-likeness (QED) is 0.589. The molecule has 30 heavy (non-hydrogen) atoms. The normalized spacial score (nSPS) is 21.5. The average molecular weight is 412 g/mol. The van der Waals surface area contributed by atoms with Crippen molar-refractivity contribution >= 4 is 29.7 Å². The number of fused-ring (bicyclic) bond motifs is 1. The highest BCUT2D eigenvalue weighted by Crippen LogP contribution is 2.32. The molecule has 9 nitrogen and oxygen atoms in total. The van der Waals surface area contributed by atoms with E-state index in [1.807, 2.05) is 0 Å². The van der Waals surface area contributed by atoms with Gasteiger partial charge in [0.2, 0.25) is 5.91 Å². The lowest BCUT2D eigenvalue weighted by Gasteiger charge is -2.39. The van der Waals surface area contributed by atoms with Crippen LogP contribution in [0.4, 0.5) is 4.79 Å². The van der Waals surface area contributed by atoms with E-state index in [1.54, 1.807) is 43.0 Å². The van der Waals surface area contributed by atoms with Crippen molar-refractivity contribution < 1.29 is 24.0 Å². The molecule has 0 radical (unpaired) electrons. The van der Waals surface area contributed by atoms with Gasteiger partial charge in [0.15, 0.2) is 0 Å². The van der Waals surface area contributed by atoms with E-state index >= 15 is 0 Å². The maximum atomic E-state index is 13.0. The molecule has 3 aliphatic rings. The third-order valence-corrected chi connectivity index (χ3v) is 6.21. The van der Waals surface area contributed by atoms with Crippen LogP contribution in [0.3, 0.4) is 0 Å². The van der Waals surface area contributed by atoms with Gasteiger partial charge in [0.25, 0.3) is 17.7 Å². The Morgan fingerprint density at radius 3 is 1.93 bits per heavy atom. The molecule has 2 fully saturated rings. The molecule has 1 spiro atoms. The monoisotopic (exact) mass is 412 g/mol. The Hall–Kier alpha value is -3.23. The number of urea groups is 1. The third-order valence-electron chi connectivity index (χ3n) is 6.21. The minimum atomic E-state index is -0.989. The average Bonchev–Trinajstić information content (AvgIpc) is 3.11. The molecule has 1 N–H and O–H groups in total. The molecule has 1 atom stereocenters. The van der Waals surface area contributed by atoms with E-state index in [4.69, 9.17) is 0 Å². The Bertz CT molecular complexity index is 929. The van der Waals surface area contributed by atoms with E-state index in [0.717, 1.165) is 4.90 Å². The van der Waals surface area contributed by atoms with Crippen LogP contribution in [0, 0.1) is 0 Å². The van der Waals surface area contributed by atoms with Crippen LogP contribution in [0.5, 0.6) is 0 Å². The van der Waals surface area contributed by atoms with Gasteiger partial charge in [-0.15, -0.1) is 0 Å². The number of benzene rings is 1. The minimum absolute atomic E-state index is 0.245. The van der Waals surface area contributed by atoms with Gasteiger partial charge in [-0.1, -0.05) is 12.1 Å². The summed E-state index contributed by atoms with van der Waals surface area (Å²) in [5, 5.41) is 2.80. The molecule has 3 heterocycles. The zero-order valence-electron chi connectivity index (χ0n) is 17.2. The summed E-state index contributed by atoms with van der Waals surface area (Å²) in [6, 6.07) is 4.90.